The molecule has 2 heterocycles. The minimum atomic E-state index is -5.02. The average molecular weight is 1060 g/mol. The van der Waals surface area contributed by atoms with Gasteiger partial charge in [0, 0.05) is 68.5 Å². The number of carbonyl (C=O) groups excluding carboxylic acids is 7. The van der Waals surface area contributed by atoms with Crippen molar-refractivity contribution in [3.05, 3.63) is 70.3 Å². The van der Waals surface area contributed by atoms with E-state index >= 15 is 9.59 Å². The van der Waals surface area contributed by atoms with E-state index in [2.05, 4.69) is 31.9 Å². The van der Waals surface area contributed by atoms with Gasteiger partial charge in [0.1, 0.15) is 36.3 Å². The molecule has 1 fully saturated rings. The molecule has 3 aromatic rings. The standard InChI is InChI=1S/C51H68BrF3N8O8/c1-29(2)22-37-47(67)60(8)32(7)50(70)71-43(16-13-21-56)46(66)59-39(26-51(53,54)55)49(69)61(9)41(24-31(5)6)44(64)58-38(23-30(3)4)48(68)62(10)42(45(65)57-37)25-34-28-63(40-15-12-11-14-36(34)40)27-33-17-19-35(52)20-18-33/h11-12,14-15,17-20,28-32,37-39,41-43H,13,16,22-27H2,1-10H3,(H,57,65)(H,58,64)(H,59,66)/t32-,37-,38-,39-,41-,42-,43+/m0/s1. The zero-order chi connectivity index (χ0) is 53.1. The highest BCUT2D eigenvalue weighted by molar-refractivity contribution is 9.10. The smallest absolute Gasteiger partial charge is 0.391 e. The summed E-state index contributed by atoms with van der Waals surface area (Å²) in [5.41, 5.74) is 2.53. The molecule has 20 heteroatoms. The first kappa shape index (κ1) is 57.6. The molecule has 0 radical (unpaired) electrons. The Bertz CT molecular complexity index is 2420. The fraction of sp³-hybridized carbons (Fsp3) is 0.569. The number of amides is 6. The van der Waals surface area contributed by atoms with Crippen LogP contribution in [-0.2, 0) is 51.3 Å². The summed E-state index contributed by atoms with van der Waals surface area (Å²) in [6, 6.07) is 8.08. The lowest BCUT2D eigenvalue weighted by Crippen LogP contribution is -2.60. The number of carbonyl (C=O) groups is 7. The van der Waals surface area contributed by atoms with Crippen LogP contribution in [0, 0.1) is 29.1 Å². The Hall–Kier alpha value is -5.97. The quantitative estimate of drug-likeness (QED) is 0.165. The molecule has 0 spiro atoms. The van der Waals surface area contributed by atoms with Crippen molar-refractivity contribution in [1.29, 1.82) is 5.26 Å². The molecule has 0 bridgehead atoms. The molecular formula is C51H68BrF3N8O8. The molecule has 388 valence electrons. The molecule has 6 amide bonds. The lowest BCUT2D eigenvalue weighted by atomic mass is 9.97. The van der Waals surface area contributed by atoms with Gasteiger partial charge in [0.2, 0.25) is 29.5 Å². The van der Waals surface area contributed by atoms with Crippen molar-refractivity contribution < 1.29 is 51.5 Å². The minimum Gasteiger partial charge on any atom is -0.451 e. The third-order valence-electron chi connectivity index (χ3n) is 12.5. The van der Waals surface area contributed by atoms with Crippen LogP contribution in [0.2, 0.25) is 0 Å². The first-order chi connectivity index (χ1) is 33.2. The van der Waals surface area contributed by atoms with Crippen LogP contribution in [0.25, 0.3) is 10.9 Å². The second kappa shape index (κ2) is 25.4. The van der Waals surface area contributed by atoms with E-state index in [0.717, 1.165) is 37.8 Å². The number of benzene rings is 2. The Morgan fingerprint density at radius 3 is 1.76 bits per heavy atom. The number of halogens is 4. The molecule has 1 saturated heterocycles. The van der Waals surface area contributed by atoms with Crippen LogP contribution < -0.4 is 16.0 Å². The highest BCUT2D eigenvalue weighted by atomic mass is 79.9. The van der Waals surface area contributed by atoms with E-state index in [1.54, 1.807) is 19.9 Å². The van der Waals surface area contributed by atoms with Gasteiger partial charge >= 0.3 is 12.1 Å². The highest BCUT2D eigenvalue weighted by Crippen LogP contribution is 2.28. The third kappa shape index (κ3) is 16.0. The summed E-state index contributed by atoms with van der Waals surface area (Å²) in [6.07, 6.45) is -7.74. The number of nitrogens with zero attached hydrogens (tertiary/aromatic N) is 5. The van der Waals surface area contributed by atoms with Crippen LogP contribution in [0.4, 0.5) is 13.2 Å². The van der Waals surface area contributed by atoms with Crippen molar-refractivity contribution in [1.82, 2.24) is 35.2 Å². The molecule has 1 aromatic heterocycles. The maximum Gasteiger partial charge on any atom is 0.391 e. The largest absolute Gasteiger partial charge is 0.451 e. The summed E-state index contributed by atoms with van der Waals surface area (Å²) in [6.45, 7) is 12.5. The van der Waals surface area contributed by atoms with Crippen molar-refractivity contribution in [2.75, 3.05) is 21.1 Å². The number of para-hydroxylation sites is 1. The molecule has 4 rings (SSSR count). The number of hydrogen-bond donors (Lipinski definition) is 3. The van der Waals surface area contributed by atoms with Gasteiger partial charge in [-0.2, -0.15) is 18.4 Å². The van der Waals surface area contributed by atoms with Crippen LogP contribution in [0.15, 0.2) is 59.2 Å². The first-order valence-corrected chi connectivity index (χ1v) is 24.7. The number of nitrogens with one attached hydrogen (secondary N) is 3. The molecule has 16 nitrogen and oxygen atoms in total. The SMILES string of the molecule is CC(C)C[C@@H]1NC(=O)[C@H](Cc2cn(Cc3ccc(Br)cc3)c3ccccc23)N(C)C(=O)[C@H](CC(C)C)NC(=O)[C@H](CC(C)C)N(C)C(=O)[C@H](CC(F)(F)F)NC(=O)[C@@H](CCC#N)OC(=O)[C@H](C)N(C)C1=O. The minimum absolute atomic E-state index is 0.0455. The Balaban J connectivity index is 1.93. The molecule has 7 atom stereocenters. The molecule has 3 N–H and O–H groups in total. The lowest BCUT2D eigenvalue weighted by Gasteiger charge is -2.35. The van der Waals surface area contributed by atoms with Crippen molar-refractivity contribution in [3.63, 3.8) is 0 Å². The van der Waals surface area contributed by atoms with Gasteiger partial charge in [0.25, 0.3) is 5.91 Å². The Morgan fingerprint density at radius 2 is 1.21 bits per heavy atom. The van der Waals surface area contributed by atoms with Crippen LogP contribution in [-0.4, -0.2) is 130 Å². The Labute approximate surface area is 422 Å². The summed E-state index contributed by atoms with van der Waals surface area (Å²) >= 11 is 3.48. The highest BCUT2D eigenvalue weighted by Gasteiger charge is 2.43. The lowest BCUT2D eigenvalue weighted by molar-refractivity contribution is -0.166. The summed E-state index contributed by atoms with van der Waals surface area (Å²) in [7, 11) is 3.82. The second-order valence-corrected chi connectivity index (χ2v) is 20.6. The van der Waals surface area contributed by atoms with E-state index < -0.39 is 103 Å². The molecular weight excluding hydrogens is 990 g/mol. The summed E-state index contributed by atoms with van der Waals surface area (Å²) < 4.78 is 51.1. The van der Waals surface area contributed by atoms with Crippen LogP contribution in [0.5, 0.6) is 0 Å². The van der Waals surface area contributed by atoms with Crippen molar-refractivity contribution in [2.45, 2.75) is 148 Å². The van der Waals surface area contributed by atoms with E-state index in [1.165, 1.54) is 25.9 Å². The zero-order valence-corrected chi connectivity index (χ0v) is 43.7. The predicted molar refractivity (Wildman–Crippen MR) is 264 cm³/mol. The Morgan fingerprint density at radius 1 is 0.704 bits per heavy atom. The van der Waals surface area contributed by atoms with Crippen LogP contribution >= 0.6 is 15.9 Å². The normalized spacial score (nSPS) is 23.2. The molecule has 1 aliphatic heterocycles. The summed E-state index contributed by atoms with van der Waals surface area (Å²) in [5, 5.41) is 17.9. The van der Waals surface area contributed by atoms with Crippen molar-refractivity contribution >= 4 is 68.2 Å². The first-order valence-electron chi connectivity index (χ1n) is 23.9. The molecule has 0 aliphatic carbocycles. The van der Waals surface area contributed by atoms with Crippen molar-refractivity contribution in [3.8, 4) is 6.07 Å². The van der Waals surface area contributed by atoms with Crippen LogP contribution in [0.3, 0.4) is 0 Å². The van der Waals surface area contributed by atoms with Gasteiger partial charge in [-0.3, -0.25) is 28.8 Å². The maximum absolute atomic E-state index is 15.0. The van der Waals surface area contributed by atoms with Gasteiger partial charge in [-0.05, 0) is 73.3 Å². The van der Waals surface area contributed by atoms with Gasteiger partial charge in [-0.15, -0.1) is 0 Å². The van der Waals surface area contributed by atoms with E-state index in [9.17, 15) is 42.4 Å². The average Bonchev–Trinajstić information content (AvgIpc) is 3.64. The number of esters is 1. The van der Waals surface area contributed by atoms with Gasteiger partial charge in [-0.1, -0.05) is 87.8 Å². The molecule has 71 heavy (non-hydrogen) atoms. The fourth-order valence-electron chi connectivity index (χ4n) is 8.59. The second-order valence-electron chi connectivity index (χ2n) is 19.7. The monoisotopic (exact) mass is 1060 g/mol. The molecule has 2 aromatic carbocycles. The number of likely N-dealkylation sites (N-methyl/N-ethyl adjacent to an activating group) is 3. The zero-order valence-electron chi connectivity index (χ0n) is 42.1. The van der Waals surface area contributed by atoms with E-state index in [-0.39, 0.29) is 49.9 Å². The predicted octanol–water partition coefficient (Wildman–Crippen LogP) is 6.27. The number of nitriles is 1. The van der Waals surface area contributed by atoms with Crippen LogP contribution in [0.1, 0.15) is 98.1 Å². The molecule has 1 aliphatic rings. The number of aromatic nitrogens is 1. The van der Waals surface area contributed by atoms with Gasteiger partial charge in [0.15, 0.2) is 6.10 Å². The van der Waals surface area contributed by atoms with E-state index in [0.29, 0.717) is 12.1 Å². The Kier molecular flexibility index (Phi) is 20.6. The van der Waals surface area contributed by atoms with Gasteiger partial charge in [0.05, 0.1) is 12.5 Å². The van der Waals surface area contributed by atoms with E-state index in [1.807, 2.05) is 87.0 Å². The molecule has 0 unspecified atom stereocenters. The van der Waals surface area contributed by atoms with E-state index in [4.69, 9.17) is 4.74 Å². The fourth-order valence-corrected chi connectivity index (χ4v) is 8.86. The number of rotatable bonds is 13. The topological polar surface area (TPSA) is 203 Å². The number of ether oxygens (including phenoxy) is 1. The van der Waals surface area contributed by atoms with Gasteiger partial charge in [-0.25, -0.2) is 4.79 Å². The number of cyclic esters (lactones) is 1. The molecule has 0 saturated carbocycles. The number of hydrogen-bond acceptors (Lipinski definition) is 9. The van der Waals surface area contributed by atoms with Gasteiger partial charge < -0.3 is 40.0 Å². The van der Waals surface area contributed by atoms with Crippen molar-refractivity contribution in [2.24, 2.45) is 17.8 Å². The summed E-state index contributed by atoms with van der Waals surface area (Å²) in [5.74, 6) is -7.55. The number of alkyl halides is 3. The number of fused-ring (bicyclic) bond motifs is 1. The summed E-state index contributed by atoms with van der Waals surface area (Å²) in [4.78, 5) is 104. The third-order valence-corrected chi connectivity index (χ3v) is 13.0. The maximum atomic E-state index is 15.0.